The van der Waals surface area contributed by atoms with E-state index in [0.717, 1.165) is 46.8 Å². The number of carbonyl (C=O) groups is 2. The molecule has 0 radical (unpaired) electrons. The Bertz CT molecular complexity index is 1320. The van der Waals surface area contributed by atoms with Gasteiger partial charge in [0.1, 0.15) is 0 Å². The minimum atomic E-state index is -0.990. The smallest absolute Gasteiger partial charge is 0.321 e. The number of aromatic nitrogens is 3. The summed E-state index contributed by atoms with van der Waals surface area (Å²) in [4.78, 5) is 37.0. The lowest BCUT2D eigenvalue weighted by Crippen LogP contribution is -2.50. The molecule has 4 aromatic rings. The van der Waals surface area contributed by atoms with E-state index in [1.807, 2.05) is 54.7 Å². The zero-order valence-electron chi connectivity index (χ0n) is 19.0. The Morgan fingerprint density at radius 3 is 2.70 bits per heavy atom. The number of nitrogens with one attached hydrogen (secondary N) is 1. The van der Waals surface area contributed by atoms with Crippen LogP contribution in [0.3, 0.4) is 0 Å². The van der Waals surface area contributed by atoms with Crippen LogP contribution in [0.2, 0.25) is 0 Å². The second-order valence-corrected chi connectivity index (χ2v) is 8.43. The van der Waals surface area contributed by atoms with Crippen molar-refractivity contribution in [2.75, 3.05) is 18.1 Å². The molecule has 7 heteroatoms. The Kier molecular flexibility index (Phi) is 5.62. The number of ether oxygens (including phenoxy) is 1. The van der Waals surface area contributed by atoms with Gasteiger partial charge in [-0.25, -0.2) is 4.98 Å². The number of hydrogen-bond donors (Lipinski definition) is 1. The highest BCUT2D eigenvalue weighted by Gasteiger charge is 2.48. The Morgan fingerprint density at radius 2 is 1.88 bits per heavy atom. The maximum absolute atomic E-state index is 13.9. The van der Waals surface area contributed by atoms with Gasteiger partial charge >= 0.3 is 5.97 Å². The molecular weight excluding hydrogens is 416 g/mol. The molecule has 2 aromatic heterocycles. The molecule has 0 bridgehead atoms. The second kappa shape index (κ2) is 8.73. The lowest BCUT2D eigenvalue weighted by Gasteiger charge is -2.37. The first kappa shape index (κ1) is 21.2. The molecule has 1 aliphatic rings. The third kappa shape index (κ3) is 3.48. The molecule has 7 nitrogen and oxygen atoms in total. The normalized spacial score (nSPS) is 18.1. The van der Waals surface area contributed by atoms with Crippen LogP contribution in [-0.4, -0.2) is 39.6 Å². The molecule has 0 saturated heterocycles. The van der Waals surface area contributed by atoms with Crippen molar-refractivity contribution in [3.8, 4) is 0 Å². The van der Waals surface area contributed by atoms with Crippen molar-refractivity contribution >= 4 is 39.8 Å². The second-order valence-electron chi connectivity index (χ2n) is 8.43. The molecule has 1 N–H and O–H groups in total. The van der Waals surface area contributed by atoms with Gasteiger partial charge < -0.3 is 14.3 Å². The molecule has 5 rings (SSSR count). The zero-order valence-corrected chi connectivity index (χ0v) is 19.0. The average molecular weight is 445 g/mol. The number of para-hydroxylation sites is 3. The van der Waals surface area contributed by atoms with Crippen LogP contribution in [0.25, 0.3) is 21.9 Å². The minimum Gasteiger partial charge on any atom is -0.465 e. The van der Waals surface area contributed by atoms with Gasteiger partial charge in [-0.05, 0) is 31.5 Å². The quantitative estimate of drug-likeness (QED) is 0.252. The number of nitrogens with zero attached hydrogens (tertiary/aromatic N) is 3. The fourth-order valence-corrected chi connectivity index (χ4v) is 4.90. The highest BCUT2D eigenvalue weighted by molar-refractivity contribution is 6.09. The maximum atomic E-state index is 13.9. The Labute approximate surface area is 192 Å². The topological polar surface area (TPSA) is 80.2 Å². The van der Waals surface area contributed by atoms with Gasteiger partial charge in [-0.2, -0.15) is 0 Å². The summed E-state index contributed by atoms with van der Waals surface area (Å²) in [5, 5.41) is 0.979. The largest absolute Gasteiger partial charge is 0.465 e. The number of carbonyl (C=O) groups excluding carboxylic acids is 2. The molecule has 1 amide bonds. The molecule has 1 aliphatic heterocycles. The molecule has 3 heterocycles. The van der Waals surface area contributed by atoms with Gasteiger partial charge in [-0.3, -0.25) is 14.5 Å². The molecule has 0 unspecified atom stereocenters. The van der Waals surface area contributed by atoms with Gasteiger partial charge in [0.2, 0.25) is 11.9 Å². The van der Waals surface area contributed by atoms with Crippen LogP contribution in [0.15, 0.2) is 54.7 Å². The average Bonchev–Trinajstić information content (AvgIpc) is 3.42. The predicted molar refractivity (Wildman–Crippen MR) is 128 cm³/mol. The number of hydrogen-bond acceptors (Lipinski definition) is 4. The van der Waals surface area contributed by atoms with E-state index < -0.39 is 17.9 Å². The third-order valence-electron chi connectivity index (χ3n) is 6.41. The SMILES string of the molecule is CCCCCN1C(=O)[C@@H](C(=O)OCC)[C@H](c2c[nH]c3ccccc23)n2c1nc1ccccc12. The summed E-state index contributed by atoms with van der Waals surface area (Å²) < 4.78 is 7.49. The van der Waals surface area contributed by atoms with Gasteiger partial charge in [0.25, 0.3) is 0 Å². The highest BCUT2D eigenvalue weighted by Crippen LogP contribution is 2.43. The van der Waals surface area contributed by atoms with Crippen molar-refractivity contribution < 1.29 is 14.3 Å². The van der Waals surface area contributed by atoms with E-state index in [2.05, 4.69) is 16.5 Å². The summed E-state index contributed by atoms with van der Waals surface area (Å²) in [5.41, 5.74) is 3.54. The van der Waals surface area contributed by atoms with E-state index >= 15 is 0 Å². The number of imidazole rings is 1. The summed E-state index contributed by atoms with van der Waals surface area (Å²) in [6.07, 6.45) is 4.79. The van der Waals surface area contributed by atoms with Crippen LogP contribution in [0.4, 0.5) is 5.95 Å². The third-order valence-corrected chi connectivity index (χ3v) is 6.41. The molecule has 0 saturated carbocycles. The first-order chi connectivity index (χ1) is 16.2. The molecule has 0 aliphatic carbocycles. The van der Waals surface area contributed by atoms with Crippen LogP contribution >= 0.6 is 0 Å². The monoisotopic (exact) mass is 444 g/mol. The van der Waals surface area contributed by atoms with E-state index in [0.29, 0.717) is 12.5 Å². The summed E-state index contributed by atoms with van der Waals surface area (Å²) in [7, 11) is 0. The first-order valence-electron chi connectivity index (χ1n) is 11.7. The fraction of sp³-hybridized carbons (Fsp3) is 0.346. The summed E-state index contributed by atoms with van der Waals surface area (Å²) in [6, 6.07) is 15.2. The number of rotatable bonds is 7. The minimum absolute atomic E-state index is 0.219. The van der Waals surface area contributed by atoms with Crippen LogP contribution in [0, 0.1) is 5.92 Å². The number of amides is 1. The van der Waals surface area contributed by atoms with Gasteiger partial charge in [0, 0.05) is 29.2 Å². The van der Waals surface area contributed by atoms with Crippen molar-refractivity contribution in [2.45, 2.75) is 39.2 Å². The molecule has 2 atom stereocenters. The number of H-pyrrole nitrogens is 1. The van der Waals surface area contributed by atoms with Crippen LogP contribution in [0.5, 0.6) is 0 Å². The summed E-state index contributed by atoms with van der Waals surface area (Å²) in [6.45, 7) is 4.63. The molecule has 170 valence electrons. The van der Waals surface area contributed by atoms with E-state index in [1.165, 1.54) is 0 Å². The van der Waals surface area contributed by atoms with Crippen LogP contribution in [-0.2, 0) is 14.3 Å². The van der Waals surface area contributed by atoms with Crippen molar-refractivity contribution in [2.24, 2.45) is 5.92 Å². The van der Waals surface area contributed by atoms with E-state index in [4.69, 9.17) is 9.72 Å². The van der Waals surface area contributed by atoms with Gasteiger partial charge in [0.05, 0.1) is 23.7 Å². The summed E-state index contributed by atoms with van der Waals surface area (Å²) in [5.74, 6) is -1.15. The van der Waals surface area contributed by atoms with Gasteiger partial charge in [-0.15, -0.1) is 0 Å². The van der Waals surface area contributed by atoms with Crippen molar-refractivity contribution in [3.05, 3.63) is 60.3 Å². The van der Waals surface area contributed by atoms with Crippen LogP contribution in [0.1, 0.15) is 44.7 Å². The maximum Gasteiger partial charge on any atom is 0.321 e. The number of fused-ring (bicyclic) bond motifs is 4. The number of benzene rings is 2. The highest BCUT2D eigenvalue weighted by atomic mass is 16.5. The fourth-order valence-electron chi connectivity index (χ4n) is 4.90. The predicted octanol–water partition coefficient (Wildman–Crippen LogP) is 4.82. The van der Waals surface area contributed by atoms with Crippen LogP contribution < -0.4 is 4.90 Å². The van der Waals surface area contributed by atoms with Crippen molar-refractivity contribution in [1.82, 2.24) is 14.5 Å². The van der Waals surface area contributed by atoms with Crippen molar-refractivity contribution in [1.29, 1.82) is 0 Å². The molecule has 0 spiro atoms. The number of esters is 1. The molecular formula is C26H28N4O3. The Hall–Kier alpha value is -3.61. The molecule has 0 fully saturated rings. The number of unbranched alkanes of at least 4 members (excludes halogenated alkanes) is 2. The lowest BCUT2D eigenvalue weighted by atomic mass is 9.89. The standard InChI is InChI=1S/C26H28N4O3/c1-3-5-10-15-29-24(31)22(25(32)33-4-2)23(18-16-27-19-12-7-6-11-17(18)19)30-21-14-9-8-13-20(21)28-26(29)30/h6-9,11-14,16,22-23,27H,3-5,10,15H2,1-2H3/t22-,23-/m0/s1. The Balaban J connectivity index is 1.76. The number of aromatic amines is 1. The lowest BCUT2D eigenvalue weighted by molar-refractivity contribution is -0.153. The zero-order chi connectivity index (χ0) is 22.9. The number of anilines is 1. The van der Waals surface area contributed by atoms with Gasteiger partial charge in [-0.1, -0.05) is 50.1 Å². The van der Waals surface area contributed by atoms with Crippen molar-refractivity contribution in [3.63, 3.8) is 0 Å². The van der Waals surface area contributed by atoms with Gasteiger partial charge in [0.15, 0.2) is 5.92 Å². The first-order valence-corrected chi connectivity index (χ1v) is 11.7. The molecule has 33 heavy (non-hydrogen) atoms. The summed E-state index contributed by atoms with van der Waals surface area (Å²) >= 11 is 0. The van der Waals surface area contributed by atoms with E-state index in [1.54, 1.807) is 11.8 Å². The van der Waals surface area contributed by atoms with E-state index in [9.17, 15) is 9.59 Å². The molecule has 2 aromatic carbocycles. The van der Waals surface area contributed by atoms with E-state index in [-0.39, 0.29) is 12.5 Å². The Morgan fingerprint density at radius 1 is 1.09 bits per heavy atom.